The summed E-state index contributed by atoms with van der Waals surface area (Å²) in [7, 11) is 0. The van der Waals surface area contributed by atoms with E-state index in [-0.39, 0.29) is 0 Å². The average Bonchev–Trinajstić information content (AvgIpc) is 2.32. The molecule has 0 atom stereocenters. The van der Waals surface area contributed by atoms with Gasteiger partial charge in [0.05, 0.1) is 0 Å². The lowest BCUT2D eigenvalue weighted by Crippen LogP contribution is -2.12. The van der Waals surface area contributed by atoms with Crippen LogP contribution < -0.4 is 11.1 Å². The third kappa shape index (κ3) is 3.12. The lowest BCUT2D eigenvalue weighted by Gasteiger charge is -2.14. The number of nitrogens with one attached hydrogen (secondary N) is 1. The van der Waals surface area contributed by atoms with Gasteiger partial charge in [0.15, 0.2) is 0 Å². The standard InChI is InChI=1S/C16H18N2S/c1-10-5-7-14(12(3)8-10)18-15-9-11(2)4-6-13(15)16(17)19/h4-9,18H,1-3H3,(H2,17,19). The van der Waals surface area contributed by atoms with Crippen LogP contribution in [-0.2, 0) is 0 Å². The van der Waals surface area contributed by atoms with Crippen molar-refractivity contribution in [2.75, 3.05) is 5.32 Å². The quantitative estimate of drug-likeness (QED) is 0.828. The number of aryl methyl sites for hydroxylation is 3. The molecule has 98 valence electrons. The highest BCUT2D eigenvalue weighted by Crippen LogP contribution is 2.25. The Kier molecular flexibility index (Phi) is 3.86. The molecular formula is C16H18N2S. The van der Waals surface area contributed by atoms with Crippen molar-refractivity contribution in [1.29, 1.82) is 0 Å². The van der Waals surface area contributed by atoms with Gasteiger partial charge in [0.2, 0.25) is 0 Å². The Labute approximate surface area is 119 Å². The van der Waals surface area contributed by atoms with Crippen molar-refractivity contribution < 1.29 is 0 Å². The smallest absolute Gasteiger partial charge is 0.106 e. The van der Waals surface area contributed by atoms with E-state index in [2.05, 4.69) is 50.4 Å². The molecule has 0 saturated carbocycles. The van der Waals surface area contributed by atoms with Gasteiger partial charge in [0, 0.05) is 16.9 Å². The van der Waals surface area contributed by atoms with Gasteiger partial charge in [-0.25, -0.2) is 0 Å². The summed E-state index contributed by atoms with van der Waals surface area (Å²) in [4.78, 5) is 0.410. The van der Waals surface area contributed by atoms with E-state index in [0.717, 1.165) is 16.9 Å². The molecular weight excluding hydrogens is 252 g/mol. The molecule has 0 aliphatic rings. The Morgan fingerprint density at radius 1 is 0.947 bits per heavy atom. The van der Waals surface area contributed by atoms with Crippen molar-refractivity contribution >= 4 is 28.6 Å². The number of anilines is 2. The monoisotopic (exact) mass is 270 g/mol. The summed E-state index contributed by atoms with van der Waals surface area (Å²) in [6.07, 6.45) is 0. The van der Waals surface area contributed by atoms with Crippen molar-refractivity contribution in [3.8, 4) is 0 Å². The second-order valence-electron chi connectivity index (χ2n) is 4.86. The van der Waals surface area contributed by atoms with Crippen LogP contribution in [0, 0.1) is 20.8 Å². The van der Waals surface area contributed by atoms with Crippen LogP contribution in [0.2, 0.25) is 0 Å². The van der Waals surface area contributed by atoms with E-state index in [1.807, 2.05) is 12.1 Å². The second kappa shape index (κ2) is 5.41. The summed E-state index contributed by atoms with van der Waals surface area (Å²) < 4.78 is 0. The normalized spacial score (nSPS) is 10.3. The summed E-state index contributed by atoms with van der Waals surface area (Å²) >= 11 is 5.10. The molecule has 0 aliphatic heterocycles. The SMILES string of the molecule is Cc1ccc(Nc2cc(C)ccc2C(N)=S)c(C)c1. The first-order valence-corrected chi connectivity index (χ1v) is 6.63. The van der Waals surface area contributed by atoms with Gasteiger partial charge in [-0.3, -0.25) is 0 Å². The third-order valence-electron chi connectivity index (χ3n) is 3.09. The van der Waals surface area contributed by atoms with E-state index in [0.29, 0.717) is 4.99 Å². The van der Waals surface area contributed by atoms with Crippen LogP contribution in [0.4, 0.5) is 11.4 Å². The molecule has 0 aliphatic carbocycles. The van der Waals surface area contributed by atoms with E-state index in [9.17, 15) is 0 Å². The van der Waals surface area contributed by atoms with Crippen LogP contribution in [0.3, 0.4) is 0 Å². The van der Waals surface area contributed by atoms with Crippen molar-refractivity contribution in [3.63, 3.8) is 0 Å². The first kappa shape index (κ1) is 13.6. The fraction of sp³-hybridized carbons (Fsp3) is 0.188. The fourth-order valence-corrected chi connectivity index (χ4v) is 2.25. The van der Waals surface area contributed by atoms with E-state index in [1.165, 1.54) is 16.7 Å². The van der Waals surface area contributed by atoms with E-state index >= 15 is 0 Å². The highest BCUT2D eigenvalue weighted by Gasteiger charge is 2.07. The Morgan fingerprint density at radius 3 is 2.21 bits per heavy atom. The molecule has 0 bridgehead atoms. The summed E-state index contributed by atoms with van der Waals surface area (Å²) in [6.45, 7) is 6.23. The van der Waals surface area contributed by atoms with Crippen LogP contribution in [0.1, 0.15) is 22.3 Å². The molecule has 3 N–H and O–H groups in total. The molecule has 19 heavy (non-hydrogen) atoms. The van der Waals surface area contributed by atoms with Crippen LogP contribution in [0.25, 0.3) is 0 Å². The molecule has 0 radical (unpaired) electrons. The zero-order valence-electron chi connectivity index (χ0n) is 11.4. The second-order valence-corrected chi connectivity index (χ2v) is 5.30. The highest BCUT2D eigenvalue weighted by atomic mass is 32.1. The molecule has 0 fully saturated rings. The average molecular weight is 270 g/mol. The molecule has 2 aromatic carbocycles. The minimum atomic E-state index is 0.410. The van der Waals surface area contributed by atoms with Gasteiger partial charge in [0.25, 0.3) is 0 Å². The van der Waals surface area contributed by atoms with E-state index in [1.54, 1.807) is 0 Å². The maximum atomic E-state index is 5.77. The van der Waals surface area contributed by atoms with E-state index < -0.39 is 0 Å². The van der Waals surface area contributed by atoms with Gasteiger partial charge in [-0.2, -0.15) is 0 Å². The Balaban J connectivity index is 2.42. The largest absolute Gasteiger partial charge is 0.389 e. The van der Waals surface area contributed by atoms with Crippen molar-refractivity contribution in [1.82, 2.24) is 0 Å². The van der Waals surface area contributed by atoms with E-state index in [4.69, 9.17) is 18.0 Å². The number of hydrogen-bond acceptors (Lipinski definition) is 2. The zero-order chi connectivity index (χ0) is 14.0. The number of nitrogens with two attached hydrogens (primary N) is 1. The predicted molar refractivity (Wildman–Crippen MR) is 86.3 cm³/mol. The first-order valence-electron chi connectivity index (χ1n) is 6.22. The topological polar surface area (TPSA) is 38.0 Å². The van der Waals surface area contributed by atoms with Crippen molar-refractivity contribution in [2.24, 2.45) is 5.73 Å². The molecule has 0 amide bonds. The summed E-state index contributed by atoms with van der Waals surface area (Å²) in [6, 6.07) is 12.4. The Morgan fingerprint density at radius 2 is 1.58 bits per heavy atom. The van der Waals surface area contributed by atoms with Crippen molar-refractivity contribution in [2.45, 2.75) is 20.8 Å². The summed E-state index contributed by atoms with van der Waals surface area (Å²) in [5.41, 5.74) is 12.3. The summed E-state index contributed by atoms with van der Waals surface area (Å²) in [5, 5.41) is 3.42. The molecule has 0 unspecified atom stereocenters. The Bertz CT molecular complexity index is 633. The fourth-order valence-electron chi connectivity index (χ4n) is 2.08. The molecule has 2 rings (SSSR count). The number of benzene rings is 2. The third-order valence-corrected chi connectivity index (χ3v) is 3.31. The van der Waals surface area contributed by atoms with Gasteiger partial charge < -0.3 is 11.1 Å². The molecule has 3 heteroatoms. The maximum Gasteiger partial charge on any atom is 0.106 e. The van der Waals surface area contributed by atoms with Crippen LogP contribution in [-0.4, -0.2) is 4.99 Å². The molecule has 2 aromatic rings. The number of rotatable bonds is 3. The molecule has 0 saturated heterocycles. The van der Waals surface area contributed by atoms with Crippen LogP contribution in [0.15, 0.2) is 36.4 Å². The van der Waals surface area contributed by atoms with Gasteiger partial charge in [-0.15, -0.1) is 0 Å². The highest BCUT2D eigenvalue weighted by molar-refractivity contribution is 7.80. The van der Waals surface area contributed by atoms with Gasteiger partial charge in [0.1, 0.15) is 4.99 Å². The molecule has 0 aromatic heterocycles. The lowest BCUT2D eigenvalue weighted by atomic mass is 10.1. The Hall–Kier alpha value is -1.87. The predicted octanol–water partition coefficient (Wildman–Crippen LogP) is 3.99. The van der Waals surface area contributed by atoms with Crippen molar-refractivity contribution in [3.05, 3.63) is 58.7 Å². The number of thiocarbonyl (C=S) groups is 1. The van der Waals surface area contributed by atoms with Crippen LogP contribution in [0.5, 0.6) is 0 Å². The zero-order valence-corrected chi connectivity index (χ0v) is 12.3. The van der Waals surface area contributed by atoms with Gasteiger partial charge >= 0.3 is 0 Å². The molecule has 2 nitrogen and oxygen atoms in total. The minimum Gasteiger partial charge on any atom is -0.389 e. The van der Waals surface area contributed by atoms with Gasteiger partial charge in [-0.1, -0.05) is 36.0 Å². The van der Waals surface area contributed by atoms with Gasteiger partial charge in [-0.05, 0) is 50.1 Å². The minimum absolute atomic E-state index is 0.410. The lowest BCUT2D eigenvalue weighted by molar-refractivity contribution is 1.36. The number of hydrogen-bond donors (Lipinski definition) is 2. The first-order chi connectivity index (χ1) is 8.97. The van der Waals surface area contributed by atoms with Crippen LogP contribution >= 0.6 is 12.2 Å². The maximum absolute atomic E-state index is 5.77. The summed E-state index contributed by atoms with van der Waals surface area (Å²) in [5.74, 6) is 0. The molecule has 0 heterocycles. The molecule has 0 spiro atoms.